The molecule has 0 aliphatic carbocycles. The third kappa shape index (κ3) is 3.60. The highest BCUT2D eigenvalue weighted by molar-refractivity contribution is 5.69. The van der Waals surface area contributed by atoms with Gasteiger partial charge in [-0.3, -0.25) is 0 Å². The van der Waals surface area contributed by atoms with Gasteiger partial charge in [-0.05, 0) is 40.2 Å². The second-order valence-corrected chi connectivity index (χ2v) is 6.80. The van der Waals surface area contributed by atoms with E-state index in [4.69, 9.17) is 4.74 Å². The fraction of sp³-hybridized carbons (Fsp3) is 0.929. The topological polar surface area (TPSA) is 61.8 Å². The maximum absolute atomic E-state index is 11.9. The lowest BCUT2D eigenvalue weighted by molar-refractivity contribution is -0.118. The molecule has 0 bridgehead atoms. The molecule has 0 spiro atoms. The molecule has 5 nitrogen and oxygen atoms in total. The van der Waals surface area contributed by atoms with Crippen LogP contribution in [0.15, 0.2) is 0 Å². The predicted molar refractivity (Wildman–Crippen MR) is 73.0 cm³/mol. The third-order valence-electron chi connectivity index (χ3n) is 3.79. The van der Waals surface area contributed by atoms with Crippen molar-refractivity contribution in [3.05, 3.63) is 0 Å². The molecule has 1 atom stereocenters. The van der Waals surface area contributed by atoms with Crippen LogP contribution in [-0.4, -0.2) is 53.0 Å². The number of hydrogen-bond acceptors (Lipinski definition) is 4. The van der Waals surface area contributed by atoms with E-state index in [0.29, 0.717) is 13.1 Å². The van der Waals surface area contributed by atoms with Crippen LogP contribution in [0.4, 0.5) is 4.79 Å². The van der Waals surface area contributed by atoms with Gasteiger partial charge in [-0.25, -0.2) is 4.79 Å². The van der Waals surface area contributed by atoms with Gasteiger partial charge in [0.25, 0.3) is 0 Å². The average Bonchev–Trinajstić information content (AvgIpc) is 2.50. The second kappa shape index (κ2) is 5.29. The highest BCUT2D eigenvalue weighted by Gasteiger charge is 2.50. The van der Waals surface area contributed by atoms with E-state index in [1.165, 1.54) is 12.8 Å². The van der Waals surface area contributed by atoms with Crippen molar-refractivity contribution in [2.24, 2.45) is 0 Å². The van der Waals surface area contributed by atoms with E-state index in [2.05, 4.69) is 5.32 Å². The molecule has 0 aromatic rings. The molecule has 110 valence electrons. The molecule has 0 saturated carbocycles. The molecule has 0 aromatic carbocycles. The SMILES string of the molecule is CC(C)(C)OC(=O)N1CC(O)(C2CCCCCN2)C1. The number of amides is 1. The quantitative estimate of drug-likeness (QED) is 0.758. The Kier molecular flexibility index (Phi) is 4.06. The standard InChI is InChI=1S/C14H26N2O3/c1-13(2,3)19-12(17)16-9-14(18,10-16)11-7-5-4-6-8-15-11/h11,15,18H,4-10H2,1-3H3. The molecule has 19 heavy (non-hydrogen) atoms. The minimum Gasteiger partial charge on any atom is -0.444 e. The van der Waals surface area contributed by atoms with E-state index in [0.717, 1.165) is 19.4 Å². The Morgan fingerprint density at radius 2 is 2.00 bits per heavy atom. The number of carbonyl (C=O) groups is 1. The first kappa shape index (κ1) is 14.6. The van der Waals surface area contributed by atoms with Crippen LogP contribution in [0.25, 0.3) is 0 Å². The Morgan fingerprint density at radius 1 is 1.32 bits per heavy atom. The average molecular weight is 270 g/mol. The first-order valence-electron chi connectivity index (χ1n) is 7.24. The summed E-state index contributed by atoms with van der Waals surface area (Å²) in [5.41, 5.74) is -1.26. The molecule has 1 unspecified atom stereocenters. The zero-order valence-corrected chi connectivity index (χ0v) is 12.2. The van der Waals surface area contributed by atoms with Crippen molar-refractivity contribution >= 4 is 6.09 Å². The maximum atomic E-state index is 11.9. The largest absolute Gasteiger partial charge is 0.444 e. The van der Waals surface area contributed by atoms with Crippen molar-refractivity contribution in [2.45, 2.75) is 63.7 Å². The van der Waals surface area contributed by atoms with E-state index < -0.39 is 11.2 Å². The second-order valence-electron chi connectivity index (χ2n) is 6.80. The number of β-amino-alcohol motifs (C(OH)–C–C–N with tert-alkyl or cyclic N) is 1. The van der Waals surface area contributed by atoms with Gasteiger partial charge in [-0.15, -0.1) is 0 Å². The Balaban J connectivity index is 1.84. The van der Waals surface area contributed by atoms with Crippen LogP contribution in [0, 0.1) is 0 Å². The molecule has 2 rings (SSSR count). The van der Waals surface area contributed by atoms with Gasteiger partial charge in [-0.2, -0.15) is 0 Å². The van der Waals surface area contributed by atoms with E-state index in [1.54, 1.807) is 4.90 Å². The summed E-state index contributed by atoms with van der Waals surface area (Å²) in [6, 6.07) is 0.105. The Hall–Kier alpha value is -0.810. The van der Waals surface area contributed by atoms with Crippen molar-refractivity contribution in [1.82, 2.24) is 10.2 Å². The minimum absolute atomic E-state index is 0.105. The summed E-state index contributed by atoms with van der Waals surface area (Å²) in [5, 5.41) is 14.0. The summed E-state index contributed by atoms with van der Waals surface area (Å²) in [7, 11) is 0. The van der Waals surface area contributed by atoms with Gasteiger partial charge in [0, 0.05) is 6.04 Å². The van der Waals surface area contributed by atoms with Crippen LogP contribution in [0.3, 0.4) is 0 Å². The lowest BCUT2D eigenvalue weighted by Crippen LogP contribution is -2.71. The van der Waals surface area contributed by atoms with Crippen molar-refractivity contribution < 1.29 is 14.6 Å². The van der Waals surface area contributed by atoms with E-state index >= 15 is 0 Å². The van der Waals surface area contributed by atoms with Gasteiger partial charge in [0.2, 0.25) is 0 Å². The van der Waals surface area contributed by atoms with Gasteiger partial charge in [-0.1, -0.05) is 12.8 Å². The van der Waals surface area contributed by atoms with Crippen LogP contribution < -0.4 is 5.32 Å². The molecule has 5 heteroatoms. The number of nitrogens with one attached hydrogen (secondary N) is 1. The number of carbonyl (C=O) groups excluding carboxylic acids is 1. The zero-order chi connectivity index (χ0) is 14.1. The van der Waals surface area contributed by atoms with E-state index in [1.807, 2.05) is 20.8 Å². The van der Waals surface area contributed by atoms with Gasteiger partial charge < -0.3 is 20.1 Å². The van der Waals surface area contributed by atoms with E-state index in [-0.39, 0.29) is 12.1 Å². The first-order valence-corrected chi connectivity index (χ1v) is 7.24. The Labute approximate surface area is 115 Å². The molecule has 2 aliphatic rings. The zero-order valence-electron chi connectivity index (χ0n) is 12.2. The number of rotatable bonds is 1. The molecular weight excluding hydrogens is 244 g/mol. The van der Waals surface area contributed by atoms with Gasteiger partial charge in [0.05, 0.1) is 13.1 Å². The summed E-state index contributed by atoms with van der Waals surface area (Å²) in [5.74, 6) is 0. The van der Waals surface area contributed by atoms with Gasteiger partial charge in [0.15, 0.2) is 0 Å². The molecule has 2 aliphatic heterocycles. The molecule has 0 aromatic heterocycles. The van der Waals surface area contributed by atoms with Crippen molar-refractivity contribution in [3.63, 3.8) is 0 Å². The highest BCUT2D eigenvalue weighted by atomic mass is 16.6. The molecule has 2 N–H and O–H groups in total. The molecule has 2 fully saturated rings. The summed E-state index contributed by atoms with van der Waals surface area (Å²) in [6.45, 7) is 7.26. The number of likely N-dealkylation sites (tertiary alicyclic amines) is 1. The number of aliphatic hydroxyl groups is 1. The van der Waals surface area contributed by atoms with Crippen molar-refractivity contribution in [2.75, 3.05) is 19.6 Å². The maximum Gasteiger partial charge on any atom is 0.410 e. The monoisotopic (exact) mass is 270 g/mol. The highest BCUT2D eigenvalue weighted by Crippen LogP contribution is 2.29. The smallest absolute Gasteiger partial charge is 0.410 e. The van der Waals surface area contributed by atoms with Crippen LogP contribution in [0.2, 0.25) is 0 Å². The van der Waals surface area contributed by atoms with Crippen molar-refractivity contribution in [1.29, 1.82) is 0 Å². The minimum atomic E-state index is -0.777. The molecule has 1 amide bonds. The Morgan fingerprint density at radius 3 is 2.63 bits per heavy atom. The van der Waals surface area contributed by atoms with Crippen LogP contribution in [0.5, 0.6) is 0 Å². The first-order chi connectivity index (χ1) is 8.80. The van der Waals surface area contributed by atoms with Crippen LogP contribution in [-0.2, 0) is 4.74 Å². The fourth-order valence-corrected chi connectivity index (χ4v) is 2.78. The lowest BCUT2D eigenvalue weighted by Gasteiger charge is -2.50. The lowest BCUT2D eigenvalue weighted by atomic mass is 9.84. The molecule has 2 saturated heterocycles. The third-order valence-corrected chi connectivity index (χ3v) is 3.79. The van der Waals surface area contributed by atoms with Crippen molar-refractivity contribution in [3.8, 4) is 0 Å². The normalized spacial score (nSPS) is 27.4. The number of ether oxygens (including phenoxy) is 1. The summed E-state index contributed by atoms with van der Waals surface area (Å²) >= 11 is 0. The summed E-state index contributed by atoms with van der Waals surface area (Å²) in [4.78, 5) is 13.4. The summed E-state index contributed by atoms with van der Waals surface area (Å²) in [6.07, 6.45) is 4.19. The predicted octanol–water partition coefficient (Wildman–Crippen LogP) is 1.50. The van der Waals surface area contributed by atoms with E-state index in [9.17, 15) is 9.90 Å². The van der Waals surface area contributed by atoms with Crippen LogP contribution >= 0.6 is 0 Å². The van der Waals surface area contributed by atoms with Crippen LogP contribution in [0.1, 0.15) is 46.5 Å². The van der Waals surface area contributed by atoms with Gasteiger partial charge >= 0.3 is 6.09 Å². The van der Waals surface area contributed by atoms with Gasteiger partial charge in [0.1, 0.15) is 11.2 Å². The number of nitrogens with zero attached hydrogens (tertiary/aromatic N) is 1. The summed E-state index contributed by atoms with van der Waals surface area (Å²) < 4.78 is 5.30. The number of hydrogen-bond donors (Lipinski definition) is 2. The molecular formula is C14H26N2O3. The molecule has 2 heterocycles. The molecule has 0 radical (unpaired) electrons. The fourth-order valence-electron chi connectivity index (χ4n) is 2.78. The Bertz CT molecular complexity index is 324.